The molecule has 66 valence electrons. The summed E-state index contributed by atoms with van der Waals surface area (Å²) in [5.41, 5.74) is 0. The lowest BCUT2D eigenvalue weighted by Gasteiger charge is -2.10. The number of rotatable bonds is 2. The van der Waals surface area contributed by atoms with Gasteiger partial charge in [-0.1, -0.05) is 0 Å². The standard InChI is InChI=1S/C7H11N3OS/c1-10-3-2-6(5-10)11-7-4-8-12-9-7/h4,6H,2-3,5H2,1H3. The summed E-state index contributed by atoms with van der Waals surface area (Å²) in [6.07, 6.45) is 3.07. The van der Waals surface area contributed by atoms with Crippen LogP contribution in [0.3, 0.4) is 0 Å². The van der Waals surface area contributed by atoms with Crippen LogP contribution in [0.15, 0.2) is 6.20 Å². The van der Waals surface area contributed by atoms with E-state index < -0.39 is 0 Å². The van der Waals surface area contributed by atoms with E-state index in [0.717, 1.165) is 19.5 Å². The zero-order valence-corrected chi connectivity index (χ0v) is 7.75. The largest absolute Gasteiger partial charge is 0.471 e. The SMILES string of the molecule is CN1CCC(Oc2cnsn2)C1. The van der Waals surface area contributed by atoms with Crippen LogP contribution in [0.25, 0.3) is 0 Å². The summed E-state index contributed by atoms with van der Waals surface area (Å²) in [7, 11) is 2.10. The Morgan fingerprint density at radius 3 is 3.25 bits per heavy atom. The molecule has 5 heteroatoms. The van der Waals surface area contributed by atoms with E-state index >= 15 is 0 Å². The Morgan fingerprint density at radius 1 is 1.75 bits per heavy atom. The van der Waals surface area contributed by atoms with Crippen molar-refractivity contribution in [3.63, 3.8) is 0 Å². The molecule has 0 aliphatic carbocycles. The molecule has 1 fully saturated rings. The first-order chi connectivity index (χ1) is 5.84. The van der Waals surface area contributed by atoms with Gasteiger partial charge in [0.2, 0.25) is 5.88 Å². The Kier molecular flexibility index (Phi) is 2.23. The molecule has 0 spiro atoms. The van der Waals surface area contributed by atoms with Crippen molar-refractivity contribution < 1.29 is 4.74 Å². The summed E-state index contributed by atoms with van der Waals surface area (Å²) in [6, 6.07) is 0. The maximum Gasteiger partial charge on any atom is 0.246 e. The molecule has 0 radical (unpaired) electrons. The minimum Gasteiger partial charge on any atom is -0.471 e. The summed E-state index contributed by atoms with van der Waals surface area (Å²) in [5, 5.41) is 0. The van der Waals surface area contributed by atoms with Crippen LogP contribution in [-0.2, 0) is 0 Å². The van der Waals surface area contributed by atoms with E-state index in [1.807, 2.05) is 0 Å². The van der Waals surface area contributed by atoms with Crippen LogP contribution >= 0.6 is 11.7 Å². The van der Waals surface area contributed by atoms with Crippen molar-refractivity contribution in [2.45, 2.75) is 12.5 Å². The van der Waals surface area contributed by atoms with Crippen LogP contribution in [0.1, 0.15) is 6.42 Å². The van der Waals surface area contributed by atoms with Crippen molar-refractivity contribution >= 4 is 11.7 Å². The number of likely N-dealkylation sites (N-methyl/N-ethyl adjacent to an activating group) is 1. The average molecular weight is 185 g/mol. The van der Waals surface area contributed by atoms with Gasteiger partial charge in [-0.05, 0) is 13.5 Å². The number of nitrogens with zero attached hydrogens (tertiary/aromatic N) is 3. The van der Waals surface area contributed by atoms with Crippen LogP contribution in [-0.4, -0.2) is 39.9 Å². The van der Waals surface area contributed by atoms with Crippen molar-refractivity contribution in [1.82, 2.24) is 13.6 Å². The molecule has 2 heterocycles. The number of hydrogen-bond acceptors (Lipinski definition) is 5. The molecule has 1 saturated heterocycles. The molecule has 1 unspecified atom stereocenters. The zero-order valence-electron chi connectivity index (χ0n) is 6.93. The molecule has 1 aromatic heterocycles. The average Bonchev–Trinajstić information content (AvgIpc) is 2.63. The smallest absolute Gasteiger partial charge is 0.246 e. The lowest BCUT2D eigenvalue weighted by Crippen LogP contribution is -2.21. The first kappa shape index (κ1) is 7.94. The monoisotopic (exact) mass is 185 g/mol. The van der Waals surface area contributed by atoms with Gasteiger partial charge in [0.05, 0.1) is 11.7 Å². The third-order valence-electron chi connectivity index (χ3n) is 1.98. The van der Waals surface area contributed by atoms with Gasteiger partial charge in [-0.2, -0.15) is 4.37 Å². The Morgan fingerprint density at radius 2 is 2.67 bits per heavy atom. The first-order valence-electron chi connectivity index (χ1n) is 3.97. The molecule has 1 atom stereocenters. The van der Waals surface area contributed by atoms with Crippen molar-refractivity contribution in [3.05, 3.63) is 6.20 Å². The van der Waals surface area contributed by atoms with E-state index in [1.165, 1.54) is 11.7 Å². The number of likely N-dealkylation sites (tertiary alicyclic amines) is 1. The van der Waals surface area contributed by atoms with Crippen LogP contribution in [0.5, 0.6) is 5.88 Å². The Bertz CT molecular complexity index is 239. The molecule has 1 aliphatic heterocycles. The molecule has 0 bridgehead atoms. The molecular formula is C7H11N3OS. The summed E-state index contributed by atoms with van der Waals surface area (Å²) in [4.78, 5) is 2.25. The van der Waals surface area contributed by atoms with E-state index in [-0.39, 0.29) is 0 Å². The zero-order chi connectivity index (χ0) is 8.39. The van der Waals surface area contributed by atoms with Gasteiger partial charge >= 0.3 is 0 Å². The van der Waals surface area contributed by atoms with Gasteiger partial charge < -0.3 is 9.64 Å². The van der Waals surface area contributed by atoms with E-state index in [2.05, 4.69) is 20.7 Å². The summed E-state index contributed by atoms with van der Waals surface area (Å²) in [5.74, 6) is 0.667. The normalized spacial score (nSPS) is 24.6. The molecular weight excluding hydrogens is 174 g/mol. The highest BCUT2D eigenvalue weighted by molar-refractivity contribution is 6.99. The van der Waals surface area contributed by atoms with Gasteiger partial charge in [-0.3, -0.25) is 0 Å². The van der Waals surface area contributed by atoms with Gasteiger partial charge in [-0.15, -0.1) is 4.37 Å². The molecule has 0 saturated carbocycles. The van der Waals surface area contributed by atoms with Crippen LogP contribution in [0.2, 0.25) is 0 Å². The molecule has 1 aliphatic rings. The highest BCUT2D eigenvalue weighted by Crippen LogP contribution is 2.14. The van der Waals surface area contributed by atoms with Crippen LogP contribution in [0.4, 0.5) is 0 Å². The first-order valence-corrected chi connectivity index (χ1v) is 4.70. The Labute approximate surface area is 75.5 Å². The van der Waals surface area contributed by atoms with Crippen LogP contribution < -0.4 is 4.74 Å². The maximum atomic E-state index is 5.58. The fraction of sp³-hybridized carbons (Fsp3) is 0.714. The van der Waals surface area contributed by atoms with E-state index in [0.29, 0.717) is 12.0 Å². The van der Waals surface area contributed by atoms with Crippen molar-refractivity contribution in [2.24, 2.45) is 0 Å². The minimum atomic E-state index is 0.305. The topological polar surface area (TPSA) is 38.2 Å². The maximum absolute atomic E-state index is 5.58. The fourth-order valence-electron chi connectivity index (χ4n) is 1.37. The fourth-order valence-corrected chi connectivity index (χ4v) is 1.72. The molecule has 0 N–H and O–H groups in total. The molecule has 4 nitrogen and oxygen atoms in total. The third-order valence-corrected chi connectivity index (χ3v) is 2.44. The second-order valence-corrected chi connectivity index (χ2v) is 3.59. The lowest BCUT2D eigenvalue weighted by molar-refractivity contribution is 0.202. The Balaban J connectivity index is 1.88. The second-order valence-electron chi connectivity index (χ2n) is 3.04. The molecule has 12 heavy (non-hydrogen) atoms. The quantitative estimate of drug-likeness (QED) is 0.677. The van der Waals surface area contributed by atoms with E-state index in [9.17, 15) is 0 Å². The van der Waals surface area contributed by atoms with Crippen molar-refractivity contribution in [1.29, 1.82) is 0 Å². The minimum absolute atomic E-state index is 0.305. The van der Waals surface area contributed by atoms with Crippen molar-refractivity contribution in [3.8, 4) is 5.88 Å². The lowest BCUT2D eigenvalue weighted by atomic mass is 10.3. The molecule has 0 amide bonds. The number of hydrogen-bond donors (Lipinski definition) is 0. The predicted octanol–water partition coefficient (Wildman–Crippen LogP) is 0.621. The number of aromatic nitrogens is 2. The summed E-state index contributed by atoms with van der Waals surface area (Å²) >= 11 is 1.19. The van der Waals surface area contributed by atoms with Gasteiger partial charge in [0.25, 0.3) is 0 Å². The van der Waals surface area contributed by atoms with Gasteiger partial charge in [0.15, 0.2) is 0 Å². The summed E-state index contributed by atoms with van der Waals surface area (Å²) in [6.45, 7) is 2.11. The third kappa shape index (κ3) is 1.73. The number of ether oxygens (including phenoxy) is 1. The van der Waals surface area contributed by atoms with Crippen molar-refractivity contribution in [2.75, 3.05) is 20.1 Å². The highest BCUT2D eigenvalue weighted by atomic mass is 32.1. The van der Waals surface area contributed by atoms with E-state index in [1.54, 1.807) is 6.20 Å². The highest BCUT2D eigenvalue weighted by Gasteiger charge is 2.21. The van der Waals surface area contributed by atoms with Crippen LogP contribution in [0, 0.1) is 0 Å². The van der Waals surface area contributed by atoms with Gasteiger partial charge in [-0.25, -0.2) is 0 Å². The molecule has 0 aromatic carbocycles. The Hall–Kier alpha value is -0.680. The van der Waals surface area contributed by atoms with Gasteiger partial charge in [0.1, 0.15) is 12.3 Å². The molecule has 1 aromatic rings. The summed E-state index contributed by atoms with van der Waals surface area (Å²) < 4.78 is 13.5. The predicted molar refractivity (Wildman–Crippen MR) is 46.4 cm³/mol. The molecule has 2 rings (SSSR count). The van der Waals surface area contributed by atoms with Gasteiger partial charge in [0, 0.05) is 13.1 Å². The second kappa shape index (κ2) is 3.37. The van der Waals surface area contributed by atoms with E-state index in [4.69, 9.17) is 4.74 Å².